The summed E-state index contributed by atoms with van der Waals surface area (Å²) in [7, 11) is 3.41. The van der Waals surface area contributed by atoms with Gasteiger partial charge in [-0.25, -0.2) is 0 Å². The third-order valence-corrected chi connectivity index (χ3v) is 3.07. The van der Waals surface area contributed by atoms with Gasteiger partial charge in [-0.2, -0.15) is 0 Å². The lowest BCUT2D eigenvalue weighted by atomic mass is 9.83. The molecule has 0 fully saturated rings. The van der Waals surface area contributed by atoms with E-state index in [2.05, 4.69) is 11.8 Å². The molecule has 0 saturated heterocycles. The number of methoxy groups -OCH3 is 2. The van der Waals surface area contributed by atoms with Gasteiger partial charge in [0.15, 0.2) is 5.60 Å². The maximum absolute atomic E-state index is 5.67. The molecule has 0 spiro atoms. The summed E-state index contributed by atoms with van der Waals surface area (Å²) >= 11 is 0. The fourth-order valence-electron chi connectivity index (χ4n) is 2.21. The smallest absolute Gasteiger partial charge is 0.179 e. The molecule has 2 atom stereocenters. The zero-order chi connectivity index (χ0) is 11.4. The molecule has 0 aliphatic heterocycles. The van der Waals surface area contributed by atoms with Crippen LogP contribution < -0.4 is 0 Å². The lowest BCUT2D eigenvalue weighted by Gasteiger charge is -2.36. The highest BCUT2D eigenvalue weighted by atomic mass is 16.5. The van der Waals surface area contributed by atoms with E-state index < -0.39 is 5.60 Å². The highest BCUT2D eigenvalue weighted by Crippen LogP contribution is 2.34. The molecule has 1 aliphatic rings. The number of benzene rings is 1. The molecule has 1 aromatic carbocycles. The standard InChI is InChI=1S/C14H16O2/c1-15-13-10-6-7-11-14(13,16-2)12-8-4-3-5-9-12/h3-5,8-9,13H,6,10H2,1-2H3. The van der Waals surface area contributed by atoms with E-state index in [0.717, 1.165) is 18.4 Å². The number of ether oxygens (including phenoxy) is 2. The van der Waals surface area contributed by atoms with Gasteiger partial charge in [0.05, 0.1) is 0 Å². The van der Waals surface area contributed by atoms with Gasteiger partial charge in [0.1, 0.15) is 6.10 Å². The lowest BCUT2D eigenvalue weighted by Crippen LogP contribution is -2.43. The minimum atomic E-state index is -0.603. The van der Waals surface area contributed by atoms with E-state index in [-0.39, 0.29) is 6.10 Å². The molecule has 0 aromatic heterocycles. The molecular formula is C14H16O2. The Labute approximate surface area is 96.6 Å². The van der Waals surface area contributed by atoms with Crippen LogP contribution >= 0.6 is 0 Å². The number of hydrogen-bond donors (Lipinski definition) is 0. The molecule has 2 nitrogen and oxygen atoms in total. The molecule has 1 aliphatic carbocycles. The Morgan fingerprint density at radius 1 is 1.25 bits per heavy atom. The molecule has 1 aromatic rings. The van der Waals surface area contributed by atoms with E-state index in [9.17, 15) is 0 Å². The highest BCUT2D eigenvalue weighted by Gasteiger charge is 2.40. The molecule has 2 unspecified atom stereocenters. The van der Waals surface area contributed by atoms with Crippen molar-refractivity contribution in [3.8, 4) is 11.8 Å². The SMILES string of the molecule is COC1CCC#CC1(OC)c1ccccc1. The van der Waals surface area contributed by atoms with Crippen LogP contribution in [0.3, 0.4) is 0 Å². The van der Waals surface area contributed by atoms with Gasteiger partial charge in [-0.1, -0.05) is 42.2 Å². The van der Waals surface area contributed by atoms with E-state index in [1.54, 1.807) is 14.2 Å². The molecular weight excluding hydrogens is 200 g/mol. The van der Waals surface area contributed by atoms with Gasteiger partial charge >= 0.3 is 0 Å². The summed E-state index contributed by atoms with van der Waals surface area (Å²) in [5.74, 6) is 6.34. The number of rotatable bonds is 3. The van der Waals surface area contributed by atoms with Crippen LogP contribution in [0.4, 0.5) is 0 Å². The second-order valence-electron chi connectivity index (χ2n) is 3.87. The van der Waals surface area contributed by atoms with E-state index in [0.29, 0.717) is 0 Å². The molecule has 0 saturated carbocycles. The van der Waals surface area contributed by atoms with Crippen molar-refractivity contribution in [2.45, 2.75) is 24.5 Å². The van der Waals surface area contributed by atoms with Gasteiger partial charge in [0, 0.05) is 20.6 Å². The molecule has 2 heteroatoms. The van der Waals surface area contributed by atoms with Crippen LogP contribution in [0.5, 0.6) is 0 Å². The predicted octanol–water partition coefficient (Wildman–Crippen LogP) is 2.34. The zero-order valence-electron chi connectivity index (χ0n) is 9.69. The summed E-state index contributed by atoms with van der Waals surface area (Å²) in [5.41, 5.74) is 0.463. The average Bonchev–Trinajstić information content (AvgIpc) is 2.39. The normalized spacial score (nSPS) is 28.2. The number of hydrogen-bond acceptors (Lipinski definition) is 2. The van der Waals surface area contributed by atoms with Crippen molar-refractivity contribution in [1.29, 1.82) is 0 Å². The third kappa shape index (κ3) is 1.73. The Kier molecular flexibility index (Phi) is 3.28. The summed E-state index contributed by atoms with van der Waals surface area (Å²) in [5, 5.41) is 0. The maximum Gasteiger partial charge on any atom is 0.179 e. The summed E-state index contributed by atoms with van der Waals surface area (Å²) in [6.07, 6.45) is 1.78. The van der Waals surface area contributed by atoms with Crippen molar-refractivity contribution < 1.29 is 9.47 Å². The zero-order valence-corrected chi connectivity index (χ0v) is 9.69. The van der Waals surface area contributed by atoms with Crippen LogP contribution in [0.2, 0.25) is 0 Å². The summed E-state index contributed by atoms with van der Waals surface area (Å²) in [6.45, 7) is 0. The summed E-state index contributed by atoms with van der Waals surface area (Å²) < 4.78 is 11.2. The van der Waals surface area contributed by atoms with Gasteiger partial charge in [-0.05, 0) is 12.0 Å². The van der Waals surface area contributed by atoms with Gasteiger partial charge in [-0.3, -0.25) is 0 Å². The second kappa shape index (κ2) is 4.69. The van der Waals surface area contributed by atoms with E-state index >= 15 is 0 Å². The molecule has 0 amide bonds. The summed E-state index contributed by atoms with van der Waals surface area (Å²) in [4.78, 5) is 0. The molecule has 16 heavy (non-hydrogen) atoms. The van der Waals surface area contributed by atoms with Crippen molar-refractivity contribution in [3.05, 3.63) is 35.9 Å². The largest absolute Gasteiger partial charge is 0.377 e. The fraction of sp³-hybridized carbons (Fsp3) is 0.429. The van der Waals surface area contributed by atoms with Crippen molar-refractivity contribution in [1.82, 2.24) is 0 Å². The van der Waals surface area contributed by atoms with Gasteiger partial charge in [0.25, 0.3) is 0 Å². The summed E-state index contributed by atoms with van der Waals surface area (Å²) in [6, 6.07) is 10.1. The van der Waals surface area contributed by atoms with Crippen molar-refractivity contribution in [2.75, 3.05) is 14.2 Å². The van der Waals surface area contributed by atoms with E-state index in [4.69, 9.17) is 9.47 Å². The Balaban J connectivity index is 2.47. The third-order valence-electron chi connectivity index (χ3n) is 3.07. The van der Waals surface area contributed by atoms with Crippen molar-refractivity contribution >= 4 is 0 Å². The van der Waals surface area contributed by atoms with Crippen LogP contribution in [0.25, 0.3) is 0 Å². The van der Waals surface area contributed by atoms with Gasteiger partial charge < -0.3 is 9.47 Å². The average molecular weight is 216 g/mol. The molecule has 0 radical (unpaired) electrons. The Morgan fingerprint density at radius 2 is 2.00 bits per heavy atom. The first-order valence-corrected chi connectivity index (χ1v) is 5.47. The monoisotopic (exact) mass is 216 g/mol. The van der Waals surface area contributed by atoms with Crippen LogP contribution in [0.1, 0.15) is 18.4 Å². The van der Waals surface area contributed by atoms with Crippen LogP contribution in [-0.4, -0.2) is 20.3 Å². The molecule has 84 valence electrons. The Bertz CT molecular complexity index is 402. The lowest BCUT2D eigenvalue weighted by molar-refractivity contribution is -0.0904. The molecule has 2 rings (SSSR count). The fourth-order valence-corrected chi connectivity index (χ4v) is 2.21. The predicted molar refractivity (Wildman–Crippen MR) is 62.9 cm³/mol. The molecule has 0 N–H and O–H groups in total. The van der Waals surface area contributed by atoms with Gasteiger partial charge in [0.2, 0.25) is 0 Å². The van der Waals surface area contributed by atoms with Crippen molar-refractivity contribution in [3.63, 3.8) is 0 Å². The van der Waals surface area contributed by atoms with E-state index in [1.165, 1.54) is 0 Å². The quantitative estimate of drug-likeness (QED) is 0.722. The van der Waals surface area contributed by atoms with Crippen LogP contribution in [0, 0.1) is 11.8 Å². The first-order chi connectivity index (χ1) is 7.83. The van der Waals surface area contributed by atoms with Crippen LogP contribution in [-0.2, 0) is 15.1 Å². The minimum Gasteiger partial charge on any atom is -0.377 e. The highest BCUT2D eigenvalue weighted by molar-refractivity contribution is 5.36. The van der Waals surface area contributed by atoms with E-state index in [1.807, 2.05) is 30.3 Å². The molecule has 0 heterocycles. The minimum absolute atomic E-state index is 0.00106. The first kappa shape index (κ1) is 11.2. The topological polar surface area (TPSA) is 18.5 Å². The molecule has 0 bridgehead atoms. The second-order valence-corrected chi connectivity index (χ2v) is 3.87. The van der Waals surface area contributed by atoms with Crippen LogP contribution in [0.15, 0.2) is 30.3 Å². The Hall–Kier alpha value is -1.30. The van der Waals surface area contributed by atoms with Gasteiger partial charge in [-0.15, -0.1) is 0 Å². The maximum atomic E-state index is 5.67. The van der Waals surface area contributed by atoms with Crippen molar-refractivity contribution in [2.24, 2.45) is 0 Å². The first-order valence-electron chi connectivity index (χ1n) is 5.47. The Morgan fingerprint density at radius 3 is 2.62 bits per heavy atom.